The van der Waals surface area contributed by atoms with E-state index in [1.165, 1.54) is 0 Å². The third-order valence-corrected chi connectivity index (χ3v) is 6.36. The molecule has 0 bridgehead atoms. The number of fused-ring (bicyclic) bond motifs is 2. The lowest BCUT2D eigenvalue weighted by Crippen LogP contribution is -2.41. The molecule has 2 aliphatic rings. The van der Waals surface area contributed by atoms with Crippen molar-refractivity contribution in [2.24, 2.45) is 10.9 Å². The standard InChI is InChI=1S/C24H25N5O3/c1-13-4-6-14(7-5-13)22-21-17(26-24-27-23(25)28-29(22)24)10-16(11-18(21)30)15-8-9-19(31-2)20(12-15)32-3/h4-9,12,16,21-22H,10-11H2,1-3H3,(H2,25,28). The number of Topliss-reactive ketones (excluding diaryl/α,β-unsaturated/α-hetero) is 1. The van der Waals surface area contributed by atoms with Crippen LogP contribution in [0.2, 0.25) is 0 Å². The molecular weight excluding hydrogens is 406 g/mol. The van der Waals surface area contributed by atoms with Crippen LogP contribution in [0.5, 0.6) is 11.5 Å². The molecule has 0 radical (unpaired) electrons. The maximum atomic E-state index is 13.5. The van der Waals surface area contributed by atoms with Crippen molar-refractivity contribution in [3.05, 3.63) is 59.2 Å². The van der Waals surface area contributed by atoms with E-state index in [0.29, 0.717) is 30.3 Å². The molecule has 1 aromatic heterocycles. The van der Waals surface area contributed by atoms with Crippen LogP contribution in [0.25, 0.3) is 0 Å². The molecule has 8 heteroatoms. The Balaban J connectivity index is 1.55. The van der Waals surface area contributed by atoms with Crippen molar-refractivity contribution in [2.75, 3.05) is 20.0 Å². The van der Waals surface area contributed by atoms with E-state index < -0.39 is 0 Å². The van der Waals surface area contributed by atoms with E-state index >= 15 is 0 Å². The first-order valence-electron chi connectivity index (χ1n) is 10.6. The van der Waals surface area contributed by atoms with E-state index in [-0.39, 0.29) is 29.6 Å². The number of aliphatic imine (C=N–C) groups is 1. The van der Waals surface area contributed by atoms with Crippen LogP contribution in [0, 0.1) is 12.8 Å². The first-order valence-corrected chi connectivity index (χ1v) is 10.6. The highest BCUT2D eigenvalue weighted by molar-refractivity contribution is 6.10. The number of carbonyl (C=O) groups is 1. The van der Waals surface area contributed by atoms with Gasteiger partial charge in [0.2, 0.25) is 11.9 Å². The van der Waals surface area contributed by atoms with Gasteiger partial charge < -0.3 is 15.2 Å². The zero-order valence-electron chi connectivity index (χ0n) is 18.3. The summed E-state index contributed by atoms with van der Waals surface area (Å²) in [5, 5.41) is 4.37. The Morgan fingerprint density at radius 1 is 1.00 bits per heavy atom. The number of hydrogen-bond acceptors (Lipinski definition) is 7. The van der Waals surface area contributed by atoms with E-state index in [2.05, 4.69) is 10.1 Å². The number of benzene rings is 2. The topological polar surface area (TPSA) is 105 Å². The van der Waals surface area contributed by atoms with E-state index in [0.717, 1.165) is 22.4 Å². The second kappa shape index (κ2) is 7.78. The van der Waals surface area contributed by atoms with Gasteiger partial charge in [-0.3, -0.25) is 4.79 Å². The van der Waals surface area contributed by atoms with Gasteiger partial charge in [0.25, 0.3) is 0 Å². The summed E-state index contributed by atoms with van der Waals surface area (Å²) in [4.78, 5) is 22.6. The fraction of sp³-hybridized carbons (Fsp3) is 0.333. The zero-order chi connectivity index (χ0) is 22.4. The minimum Gasteiger partial charge on any atom is -0.493 e. The van der Waals surface area contributed by atoms with Gasteiger partial charge in [-0.05, 0) is 42.5 Å². The van der Waals surface area contributed by atoms with E-state index in [4.69, 9.17) is 20.2 Å². The predicted octanol–water partition coefficient (Wildman–Crippen LogP) is 3.62. The summed E-state index contributed by atoms with van der Waals surface area (Å²) in [6.07, 6.45) is 1.07. The van der Waals surface area contributed by atoms with Crippen LogP contribution in [0.15, 0.2) is 47.5 Å². The van der Waals surface area contributed by atoms with Gasteiger partial charge >= 0.3 is 0 Å². The summed E-state index contributed by atoms with van der Waals surface area (Å²) in [5.74, 6) is 1.67. The lowest BCUT2D eigenvalue weighted by Gasteiger charge is -2.37. The quantitative estimate of drug-likeness (QED) is 0.676. The lowest BCUT2D eigenvalue weighted by atomic mass is 9.72. The Morgan fingerprint density at radius 3 is 2.44 bits per heavy atom. The number of rotatable bonds is 4. The molecule has 0 saturated heterocycles. The van der Waals surface area contributed by atoms with E-state index in [1.54, 1.807) is 18.9 Å². The Hall–Kier alpha value is -3.68. The van der Waals surface area contributed by atoms with Crippen molar-refractivity contribution in [1.82, 2.24) is 14.8 Å². The summed E-state index contributed by atoms with van der Waals surface area (Å²) >= 11 is 0. The highest BCUT2D eigenvalue weighted by Crippen LogP contribution is 2.44. The second-order valence-corrected chi connectivity index (χ2v) is 8.34. The number of carbonyl (C=O) groups excluding carboxylic acids is 1. The SMILES string of the molecule is COc1ccc(C2CC(=O)C3C(=Nc4nc(N)nn4C3c3ccc(C)cc3)C2)cc1OC. The Bertz CT molecular complexity index is 1210. The number of nitrogen functional groups attached to an aromatic ring is 1. The molecule has 1 aliphatic carbocycles. The van der Waals surface area contributed by atoms with Crippen molar-refractivity contribution < 1.29 is 14.3 Å². The number of aryl methyl sites for hydroxylation is 1. The van der Waals surface area contributed by atoms with Gasteiger partial charge in [-0.1, -0.05) is 35.9 Å². The molecule has 2 aromatic carbocycles. The van der Waals surface area contributed by atoms with Crippen LogP contribution in [0.4, 0.5) is 11.9 Å². The minimum atomic E-state index is -0.386. The highest BCUT2D eigenvalue weighted by Gasteiger charge is 2.44. The van der Waals surface area contributed by atoms with Crippen LogP contribution >= 0.6 is 0 Å². The number of methoxy groups -OCH3 is 2. The monoisotopic (exact) mass is 431 g/mol. The molecule has 8 nitrogen and oxygen atoms in total. The summed E-state index contributed by atoms with van der Waals surface area (Å²) in [6, 6.07) is 13.7. The highest BCUT2D eigenvalue weighted by atomic mass is 16.5. The van der Waals surface area contributed by atoms with Gasteiger partial charge in [0.15, 0.2) is 11.5 Å². The maximum Gasteiger partial charge on any atom is 0.250 e. The van der Waals surface area contributed by atoms with Gasteiger partial charge in [0, 0.05) is 12.1 Å². The summed E-state index contributed by atoms with van der Waals surface area (Å²) in [7, 11) is 3.22. The average Bonchev–Trinajstić information content (AvgIpc) is 3.17. The number of anilines is 1. The molecular formula is C24H25N5O3. The number of aromatic nitrogens is 3. The summed E-state index contributed by atoms with van der Waals surface area (Å²) in [6.45, 7) is 2.04. The molecule has 164 valence electrons. The zero-order valence-corrected chi connectivity index (χ0v) is 18.3. The molecule has 5 rings (SSSR count). The summed E-state index contributed by atoms with van der Waals surface area (Å²) < 4.78 is 12.5. The van der Waals surface area contributed by atoms with Crippen molar-refractivity contribution in [2.45, 2.75) is 31.7 Å². The summed E-state index contributed by atoms with van der Waals surface area (Å²) in [5.41, 5.74) is 9.90. The van der Waals surface area contributed by atoms with Crippen LogP contribution in [0.3, 0.4) is 0 Å². The van der Waals surface area contributed by atoms with Crippen LogP contribution in [-0.4, -0.2) is 40.5 Å². The Labute approximate surface area is 186 Å². The largest absolute Gasteiger partial charge is 0.493 e. The maximum absolute atomic E-state index is 13.5. The number of hydrogen-bond donors (Lipinski definition) is 1. The third kappa shape index (κ3) is 3.32. The van der Waals surface area contributed by atoms with Gasteiger partial charge in [0.05, 0.1) is 26.2 Å². The minimum absolute atomic E-state index is 0.00259. The van der Waals surface area contributed by atoms with Crippen LogP contribution in [-0.2, 0) is 4.79 Å². The number of nitrogens with two attached hydrogens (primary N) is 1. The van der Waals surface area contributed by atoms with Crippen LogP contribution in [0.1, 0.15) is 41.5 Å². The van der Waals surface area contributed by atoms with Crippen molar-refractivity contribution in [3.8, 4) is 11.5 Å². The first-order chi connectivity index (χ1) is 15.5. The van der Waals surface area contributed by atoms with Gasteiger partial charge in [-0.15, -0.1) is 5.10 Å². The molecule has 1 saturated carbocycles. The molecule has 32 heavy (non-hydrogen) atoms. The van der Waals surface area contributed by atoms with Crippen LogP contribution < -0.4 is 15.2 Å². The lowest BCUT2D eigenvalue weighted by molar-refractivity contribution is -0.122. The average molecular weight is 431 g/mol. The predicted molar refractivity (Wildman–Crippen MR) is 121 cm³/mol. The van der Waals surface area contributed by atoms with Crippen molar-refractivity contribution >= 4 is 23.4 Å². The smallest absolute Gasteiger partial charge is 0.250 e. The first kappa shape index (κ1) is 20.2. The van der Waals surface area contributed by atoms with Gasteiger partial charge in [-0.2, -0.15) is 4.98 Å². The van der Waals surface area contributed by atoms with Crippen molar-refractivity contribution in [1.29, 1.82) is 0 Å². The fourth-order valence-electron chi connectivity index (χ4n) is 4.78. The second-order valence-electron chi connectivity index (χ2n) is 8.34. The molecule has 3 atom stereocenters. The number of ketones is 1. The van der Waals surface area contributed by atoms with E-state index in [1.807, 2.05) is 49.4 Å². The fourth-order valence-corrected chi connectivity index (χ4v) is 4.78. The molecule has 3 unspecified atom stereocenters. The number of ether oxygens (including phenoxy) is 2. The molecule has 1 aliphatic heterocycles. The van der Waals surface area contributed by atoms with Gasteiger partial charge in [0.1, 0.15) is 5.78 Å². The third-order valence-electron chi connectivity index (χ3n) is 6.36. The van der Waals surface area contributed by atoms with Crippen molar-refractivity contribution in [3.63, 3.8) is 0 Å². The molecule has 2 N–H and O–H groups in total. The Kier molecular flexibility index (Phi) is 4.92. The normalized spacial score (nSPS) is 22.0. The van der Waals surface area contributed by atoms with E-state index in [9.17, 15) is 4.79 Å². The molecule has 0 spiro atoms. The molecule has 3 aromatic rings. The molecule has 0 amide bonds. The number of nitrogens with zero attached hydrogens (tertiary/aromatic N) is 4. The van der Waals surface area contributed by atoms with Gasteiger partial charge in [-0.25, -0.2) is 9.67 Å². The molecule has 2 heterocycles. The molecule has 1 fully saturated rings. The Morgan fingerprint density at radius 2 is 1.72 bits per heavy atom.